The Hall–Kier alpha value is -2.16. The number of hydrogen-bond donors (Lipinski definition) is 0. The van der Waals surface area contributed by atoms with Gasteiger partial charge in [0, 0.05) is 41.7 Å². The highest BCUT2D eigenvalue weighted by Crippen LogP contribution is 2.26. The Labute approximate surface area is 112 Å². The van der Waals surface area contributed by atoms with Crippen molar-refractivity contribution in [3.8, 4) is 0 Å². The molecule has 0 spiro atoms. The Morgan fingerprint density at radius 3 is 2.95 bits per heavy atom. The van der Waals surface area contributed by atoms with Gasteiger partial charge in [-0.25, -0.2) is 4.57 Å². The summed E-state index contributed by atoms with van der Waals surface area (Å²) in [5.41, 5.74) is 4.00. The second-order valence-electron chi connectivity index (χ2n) is 5.09. The second kappa shape index (κ2) is 4.50. The van der Waals surface area contributed by atoms with E-state index in [0.29, 0.717) is 0 Å². The Morgan fingerprint density at radius 1 is 1.32 bits per heavy atom. The van der Waals surface area contributed by atoms with Crippen LogP contribution in [0.25, 0.3) is 6.08 Å². The summed E-state index contributed by atoms with van der Waals surface area (Å²) in [7, 11) is 3.98. The summed E-state index contributed by atoms with van der Waals surface area (Å²) in [4.78, 5) is 12.4. The van der Waals surface area contributed by atoms with Crippen LogP contribution in [0.5, 0.6) is 0 Å². The van der Waals surface area contributed by atoms with Gasteiger partial charge in [0.05, 0.1) is 0 Å². The van der Waals surface area contributed by atoms with Crippen LogP contribution in [-0.4, -0.2) is 10.4 Å². The van der Waals surface area contributed by atoms with Gasteiger partial charge in [-0.05, 0) is 31.1 Å². The van der Waals surface area contributed by atoms with E-state index in [1.807, 2.05) is 66.1 Å². The number of pyridine rings is 1. The highest BCUT2D eigenvalue weighted by atomic mass is 16.1. The quantitative estimate of drug-likeness (QED) is 0.564. The van der Waals surface area contributed by atoms with Crippen LogP contribution in [0.3, 0.4) is 0 Å². The fourth-order valence-electron chi connectivity index (χ4n) is 2.66. The third-order valence-electron chi connectivity index (χ3n) is 3.67. The van der Waals surface area contributed by atoms with Gasteiger partial charge in [0.1, 0.15) is 7.05 Å². The van der Waals surface area contributed by atoms with Gasteiger partial charge < -0.3 is 4.57 Å². The SMILES string of the molecule is Cn1ccc2c1CCC(=Cc1ccc[n+](C)c1)C2=O. The van der Waals surface area contributed by atoms with Gasteiger partial charge >= 0.3 is 0 Å². The number of aryl methyl sites for hydroxylation is 2. The lowest BCUT2D eigenvalue weighted by molar-refractivity contribution is -0.671. The summed E-state index contributed by atoms with van der Waals surface area (Å²) >= 11 is 0. The van der Waals surface area contributed by atoms with Crippen molar-refractivity contribution < 1.29 is 9.36 Å². The van der Waals surface area contributed by atoms with Crippen molar-refractivity contribution in [2.45, 2.75) is 12.8 Å². The molecule has 3 heteroatoms. The number of aromatic nitrogens is 2. The number of rotatable bonds is 1. The number of ketones is 1. The molecular formula is C16H17N2O+. The number of Topliss-reactive ketones (excluding diaryl/α,β-unsaturated/α-hetero) is 1. The van der Waals surface area contributed by atoms with Gasteiger partial charge in [0.25, 0.3) is 0 Å². The van der Waals surface area contributed by atoms with E-state index in [0.717, 1.165) is 35.2 Å². The van der Waals surface area contributed by atoms with Gasteiger partial charge in [-0.2, -0.15) is 0 Å². The molecular weight excluding hydrogens is 236 g/mol. The predicted molar refractivity (Wildman–Crippen MR) is 73.7 cm³/mol. The van der Waals surface area contributed by atoms with Crippen LogP contribution in [0.1, 0.15) is 28.0 Å². The number of fused-ring (bicyclic) bond motifs is 1. The molecule has 0 aromatic carbocycles. The molecule has 0 amide bonds. The van der Waals surface area contributed by atoms with Crippen molar-refractivity contribution in [3.05, 3.63) is 59.2 Å². The maximum Gasteiger partial charge on any atom is 0.190 e. The normalized spacial score (nSPS) is 16.7. The van der Waals surface area contributed by atoms with Gasteiger partial charge in [-0.1, -0.05) is 0 Å². The Morgan fingerprint density at radius 2 is 2.16 bits per heavy atom. The van der Waals surface area contributed by atoms with Crippen LogP contribution < -0.4 is 4.57 Å². The second-order valence-corrected chi connectivity index (χ2v) is 5.09. The molecule has 2 aromatic rings. The number of nitrogens with zero attached hydrogens (tertiary/aromatic N) is 2. The monoisotopic (exact) mass is 253 g/mol. The minimum atomic E-state index is 0.174. The number of carbonyl (C=O) groups excluding carboxylic acids is 1. The molecule has 0 N–H and O–H groups in total. The lowest BCUT2D eigenvalue weighted by atomic mass is 9.90. The average Bonchev–Trinajstić information content (AvgIpc) is 2.76. The van der Waals surface area contributed by atoms with Crippen LogP contribution in [0.2, 0.25) is 0 Å². The smallest absolute Gasteiger partial charge is 0.190 e. The summed E-state index contributed by atoms with van der Waals surface area (Å²) < 4.78 is 4.04. The third-order valence-corrected chi connectivity index (χ3v) is 3.67. The van der Waals surface area contributed by atoms with E-state index < -0.39 is 0 Å². The molecule has 0 saturated heterocycles. The van der Waals surface area contributed by atoms with E-state index >= 15 is 0 Å². The molecule has 3 rings (SSSR count). The summed E-state index contributed by atoms with van der Waals surface area (Å²) in [6.45, 7) is 0. The average molecular weight is 253 g/mol. The van der Waals surface area contributed by atoms with Crippen LogP contribution >= 0.6 is 0 Å². The first-order valence-electron chi connectivity index (χ1n) is 6.50. The van der Waals surface area contributed by atoms with Crippen molar-refractivity contribution in [3.63, 3.8) is 0 Å². The van der Waals surface area contributed by atoms with Gasteiger partial charge in [-0.3, -0.25) is 4.79 Å². The molecule has 3 nitrogen and oxygen atoms in total. The molecule has 1 aliphatic carbocycles. The molecule has 0 atom stereocenters. The molecule has 0 radical (unpaired) electrons. The standard InChI is InChI=1S/C16H17N2O/c1-17-8-3-4-12(11-17)10-13-5-6-15-14(16(13)19)7-9-18(15)2/h3-4,7-11H,5-6H2,1-2H3/q+1. The minimum absolute atomic E-state index is 0.174. The number of carbonyl (C=O) groups is 1. The maximum absolute atomic E-state index is 12.4. The maximum atomic E-state index is 12.4. The molecule has 2 heterocycles. The zero-order valence-electron chi connectivity index (χ0n) is 11.3. The number of allylic oxidation sites excluding steroid dienone is 1. The lowest BCUT2D eigenvalue weighted by Gasteiger charge is -2.15. The van der Waals surface area contributed by atoms with E-state index in [2.05, 4.69) is 0 Å². The van der Waals surface area contributed by atoms with E-state index in [1.165, 1.54) is 0 Å². The van der Waals surface area contributed by atoms with E-state index in [4.69, 9.17) is 0 Å². The third kappa shape index (κ3) is 2.12. The lowest BCUT2D eigenvalue weighted by Crippen LogP contribution is -2.26. The van der Waals surface area contributed by atoms with Crippen molar-refractivity contribution in [2.24, 2.45) is 14.1 Å². The van der Waals surface area contributed by atoms with E-state index in [-0.39, 0.29) is 5.78 Å². The van der Waals surface area contributed by atoms with Crippen molar-refractivity contribution >= 4 is 11.9 Å². The van der Waals surface area contributed by atoms with Gasteiger partial charge in [-0.15, -0.1) is 0 Å². The summed E-state index contributed by atoms with van der Waals surface area (Å²) in [5, 5.41) is 0. The first-order valence-corrected chi connectivity index (χ1v) is 6.50. The fourth-order valence-corrected chi connectivity index (χ4v) is 2.66. The van der Waals surface area contributed by atoms with E-state index in [9.17, 15) is 4.79 Å². The van der Waals surface area contributed by atoms with Crippen LogP contribution in [-0.2, 0) is 20.5 Å². The van der Waals surface area contributed by atoms with Crippen molar-refractivity contribution in [1.82, 2.24) is 4.57 Å². The first-order chi connectivity index (χ1) is 9.15. The Balaban J connectivity index is 1.98. The first kappa shape index (κ1) is 11.9. The van der Waals surface area contributed by atoms with Crippen molar-refractivity contribution in [2.75, 3.05) is 0 Å². The van der Waals surface area contributed by atoms with Crippen molar-refractivity contribution in [1.29, 1.82) is 0 Å². The summed E-state index contributed by atoms with van der Waals surface area (Å²) in [6.07, 6.45) is 9.75. The molecule has 0 unspecified atom stereocenters. The minimum Gasteiger partial charge on any atom is -0.354 e. The molecule has 0 aliphatic heterocycles. The van der Waals surface area contributed by atoms with Crippen LogP contribution in [0.4, 0.5) is 0 Å². The van der Waals surface area contributed by atoms with Crippen LogP contribution in [0.15, 0.2) is 42.4 Å². The Kier molecular flexibility index (Phi) is 2.82. The zero-order chi connectivity index (χ0) is 13.4. The molecule has 19 heavy (non-hydrogen) atoms. The van der Waals surface area contributed by atoms with E-state index in [1.54, 1.807) is 0 Å². The molecule has 96 valence electrons. The largest absolute Gasteiger partial charge is 0.354 e. The predicted octanol–water partition coefficient (Wildman–Crippen LogP) is 2.06. The molecule has 1 aliphatic rings. The summed E-state index contributed by atoms with van der Waals surface area (Å²) in [6, 6.07) is 5.95. The highest BCUT2D eigenvalue weighted by Gasteiger charge is 2.23. The zero-order valence-corrected chi connectivity index (χ0v) is 11.3. The number of hydrogen-bond acceptors (Lipinski definition) is 1. The highest BCUT2D eigenvalue weighted by molar-refractivity contribution is 6.13. The Bertz CT molecular complexity index is 680. The molecule has 2 aromatic heterocycles. The van der Waals surface area contributed by atoms with Crippen LogP contribution in [0, 0.1) is 0 Å². The van der Waals surface area contributed by atoms with Gasteiger partial charge in [0.15, 0.2) is 18.2 Å². The summed E-state index contributed by atoms with van der Waals surface area (Å²) in [5.74, 6) is 0.174. The molecule has 0 saturated carbocycles. The fraction of sp³-hybridized carbons (Fsp3) is 0.250. The molecule has 0 fully saturated rings. The topological polar surface area (TPSA) is 25.9 Å². The molecule has 0 bridgehead atoms. The van der Waals surface area contributed by atoms with Gasteiger partial charge in [0.2, 0.25) is 0 Å².